The highest BCUT2D eigenvalue weighted by molar-refractivity contribution is 5.13. The molecule has 1 atom stereocenters. The lowest BCUT2D eigenvalue weighted by atomic mass is 9.92. The lowest BCUT2D eigenvalue weighted by Crippen LogP contribution is -2.41. The zero-order chi connectivity index (χ0) is 11.8. The third kappa shape index (κ3) is 2.41. The van der Waals surface area contributed by atoms with Crippen molar-refractivity contribution < 1.29 is 4.74 Å². The molecule has 0 radical (unpaired) electrons. The molecule has 1 fully saturated rings. The summed E-state index contributed by atoms with van der Waals surface area (Å²) in [6, 6.07) is 0. The van der Waals surface area contributed by atoms with Gasteiger partial charge in [0.05, 0.1) is 6.10 Å². The van der Waals surface area contributed by atoms with E-state index in [0.717, 1.165) is 19.7 Å². The van der Waals surface area contributed by atoms with Crippen molar-refractivity contribution in [2.45, 2.75) is 39.7 Å². The van der Waals surface area contributed by atoms with E-state index in [2.05, 4.69) is 43.9 Å². The lowest BCUT2D eigenvalue weighted by Gasteiger charge is -2.35. The number of ether oxygens (including phenoxy) is 1. The van der Waals surface area contributed by atoms with Gasteiger partial charge in [0, 0.05) is 37.9 Å². The number of hydrazine groups is 1. The van der Waals surface area contributed by atoms with Crippen molar-refractivity contribution >= 4 is 0 Å². The standard InChI is InChI=1S/C13H24N2O/c1-13(2,3)12-7-8-15(14(12)4)10-11-6-5-9-16-11/h7,11H,5-6,8-10H2,1-4H3/t11-/m0/s1. The van der Waals surface area contributed by atoms with E-state index in [-0.39, 0.29) is 5.41 Å². The van der Waals surface area contributed by atoms with Crippen LogP contribution in [0.25, 0.3) is 0 Å². The Balaban J connectivity index is 1.91. The van der Waals surface area contributed by atoms with E-state index >= 15 is 0 Å². The summed E-state index contributed by atoms with van der Waals surface area (Å²) >= 11 is 0. The van der Waals surface area contributed by atoms with Crippen LogP contribution in [-0.4, -0.2) is 42.9 Å². The average Bonchev–Trinajstić information content (AvgIpc) is 2.76. The molecule has 2 aliphatic heterocycles. The predicted molar refractivity (Wildman–Crippen MR) is 65.8 cm³/mol. The monoisotopic (exact) mass is 224 g/mol. The Morgan fingerprint density at radius 1 is 1.44 bits per heavy atom. The second kappa shape index (κ2) is 4.38. The number of rotatable bonds is 2. The van der Waals surface area contributed by atoms with E-state index in [9.17, 15) is 0 Å². The number of hydrogen-bond acceptors (Lipinski definition) is 3. The molecule has 0 bridgehead atoms. The maximum atomic E-state index is 5.69. The summed E-state index contributed by atoms with van der Waals surface area (Å²) in [5.74, 6) is 0. The van der Waals surface area contributed by atoms with Crippen LogP contribution in [0.15, 0.2) is 11.8 Å². The van der Waals surface area contributed by atoms with Gasteiger partial charge in [-0.15, -0.1) is 0 Å². The van der Waals surface area contributed by atoms with E-state index in [0.29, 0.717) is 6.10 Å². The smallest absolute Gasteiger partial charge is 0.0721 e. The van der Waals surface area contributed by atoms with Crippen LogP contribution in [-0.2, 0) is 4.74 Å². The molecular formula is C13H24N2O. The predicted octanol–water partition coefficient (Wildman–Crippen LogP) is 2.26. The molecule has 92 valence electrons. The maximum absolute atomic E-state index is 5.69. The Hall–Kier alpha value is -0.540. The molecule has 1 saturated heterocycles. The molecule has 0 aromatic carbocycles. The van der Waals surface area contributed by atoms with Crippen LogP contribution in [0.5, 0.6) is 0 Å². The summed E-state index contributed by atoms with van der Waals surface area (Å²) in [4.78, 5) is 0. The van der Waals surface area contributed by atoms with E-state index < -0.39 is 0 Å². The van der Waals surface area contributed by atoms with E-state index in [1.165, 1.54) is 18.5 Å². The molecule has 0 amide bonds. The molecule has 3 heteroatoms. The highest BCUT2D eigenvalue weighted by Crippen LogP contribution is 2.32. The molecule has 0 unspecified atom stereocenters. The number of nitrogens with zero attached hydrogens (tertiary/aromatic N) is 2. The van der Waals surface area contributed by atoms with Gasteiger partial charge in [-0.2, -0.15) is 0 Å². The first-order chi connectivity index (χ1) is 7.48. The first kappa shape index (κ1) is 11.9. The fourth-order valence-corrected chi connectivity index (χ4v) is 2.61. The SMILES string of the molecule is CN1C(C(C)(C)C)=CCN1C[C@@H]1CCCO1. The number of allylic oxidation sites excluding steroid dienone is 1. The Bertz CT molecular complexity index is 274. The summed E-state index contributed by atoms with van der Waals surface area (Å²) in [6.07, 6.45) is 5.22. The summed E-state index contributed by atoms with van der Waals surface area (Å²) in [5.41, 5.74) is 1.66. The van der Waals surface area contributed by atoms with Crippen LogP contribution < -0.4 is 0 Å². The van der Waals surface area contributed by atoms with Crippen LogP contribution in [0.3, 0.4) is 0 Å². The second-order valence-electron chi connectivity index (χ2n) is 5.87. The highest BCUT2D eigenvalue weighted by atomic mass is 16.5. The lowest BCUT2D eigenvalue weighted by molar-refractivity contribution is -0.00577. The average molecular weight is 224 g/mol. The Morgan fingerprint density at radius 2 is 2.19 bits per heavy atom. The molecule has 0 aromatic heterocycles. The van der Waals surface area contributed by atoms with Gasteiger partial charge in [-0.3, -0.25) is 0 Å². The second-order valence-corrected chi connectivity index (χ2v) is 5.87. The fraction of sp³-hybridized carbons (Fsp3) is 0.846. The minimum absolute atomic E-state index is 0.236. The van der Waals surface area contributed by atoms with E-state index in [4.69, 9.17) is 4.74 Å². The Morgan fingerprint density at radius 3 is 2.69 bits per heavy atom. The van der Waals surface area contributed by atoms with Crippen LogP contribution in [0.1, 0.15) is 33.6 Å². The van der Waals surface area contributed by atoms with Crippen molar-refractivity contribution in [3.63, 3.8) is 0 Å². The number of hydrogen-bond donors (Lipinski definition) is 0. The van der Waals surface area contributed by atoms with Crippen molar-refractivity contribution in [1.29, 1.82) is 0 Å². The molecule has 2 rings (SSSR count). The summed E-state index contributed by atoms with van der Waals surface area (Å²) in [5, 5.41) is 4.69. The molecular weight excluding hydrogens is 200 g/mol. The van der Waals surface area contributed by atoms with Crippen molar-refractivity contribution in [2.24, 2.45) is 5.41 Å². The molecule has 16 heavy (non-hydrogen) atoms. The molecule has 0 N–H and O–H groups in total. The molecule has 3 nitrogen and oxygen atoms in total. The fourth-order valence-electron chi connectivity index (χ4n) is 2.61. The summed E-state index contributed by atoms with van der Waals surface area (Å²) in [7, 11) is 2.17. The quantitative estimate of drug-likeness (QED) is 0.715. The normalized spacial score (nSPS) is 27.6. The Labute approximate surface area is 99.0 Å². The first-order valence-electron chi connectivity index (χ1n) is 6.29. The van der Waals surface area contributed by atoms with Crippen LogP contribution in [0.2, 0.25) is 0 Å². The van der Waals surface area contributed by atoms with E-state index in [1.54, 1.807) is 0 Å². The van der Waals surface area contributed by atoms with Gasteiger partial charge in [0.25, 0.3) is 0 Å². The largest absolute Gasteiger partial charge is 0.377 e. The maximum Gasteiger partial charge on any atom is 0.0721 e. The molecule has 0 aromatic rings. The van der Waals surface area contributed by atoms with Gasteiger partial charge >= 0.3 is 0 Å². The summed E-state index contributed by atoms with van der Waals surface area (Å²) in [6.45, 7) is 9.82. The van der Waals surface area contributed by atoms with Gasteiger partial charge in [-0.05, 0) is 18.9 Å². The summed E-state index contributed by atoms with van der Waals surface area (Å²) < 4.78 is 5.69. The molecule has 0 saturated carbocycles. The van der Waals surface area contributed by atoms with Crippen LogP contribution in [0, 0.1) is 5.41 Å². The molecule has 0 aliphatic carbocycles. The first-order valence-corrected chi connectivity index (χ1v) is 6.29. The van der Waals surface area contributed by atoms with Crippen molar-refractivity contribution in [2.75, 3.05) is 26.7 Å². The third-order valence-corrected chi connectivity index (χ3v) is 3.48. The minimum atomic E-state index is 0.236. The molecule has 0 spiro atoms. The van der Waals surface area contributed by atoms with Crippen molar-refractivity contribution in [1.82, 2.24) is 10.0 Å². The molecule has 2 aliphatic rings. The van der Waals surface area contributed by atoms with Crippen LogP contribution in [0.4, 0.5) is 0 Å². The van der Waals surface area contributed by atoms with E-state index in [1.807, 2.05) is 0 Å². The zero-order valence-electron chi connectivity index (χ0n) is 11.0. The van der Waals surface area contributed by atoms with Crippen LogP contribution >= 0.6 is 0 Å². The van der Waals surface area contributed by atoms with Gasteiger partial charge in [-0.25, -0.2) is 5.01 Å². The minimum Gasteiger partial charge on any atom is -0.377 e. The highest BCUT2D eigenvalue weighted by Gasteiger charge is 2.30. The topological polar surface area (TPSA) is 15.7 Å². The van der Waals surface area contributed by atoms with Gasteiger partial charge < -0.3 is 9.75 Å². The zero-order valence-corrected chi connectivity index (χ0v) is 11.0. The molecule has 2 heterocycles. The van der Waals surface area contributed by atoms with Gasteiger partial charge in [-0.1, -0.05) is 20.8 Å². The van der Waals surface area contributed by atoms with Gasteiger partial charge in [0.1, 0.15) is 0 Å². The Kier molecular flexibility index (Phi) is 3.27. The van der Waals surface area contributed by atoms with Crippen molar-refractivity contribution in [3.05, 3.63) is 11.8 Å². The van der Waals surface area contributed by atoms with Gasteiger partial charge in [0.2, 0.25) is 0 Å². The van der Waals surface area contributed by atoms with Gasteiger partial charge in [0.15, 0.2) is 0 Å². The van der Waals surface area contributed by atoms with Crippen molar-refractivity contribution in [3.8, 4) is 0 Å². The third-order valence-electron chi connectivity index (χ3n) is 3.48.